The maximum Gasteiger partial charge on any atom is 0.258 e. The molecule has 0 bridgehead atoms. The Kier molecular flexibility index (Phi) is 3.79. The third-order valence-corrected chi connectivity index (χ3v) is 4.12. The Balaban J connectivity index is 1.87. The minimum absolute atomic E-state index is 0.159. The Bertz CT molecular complexity index is 696. The smallest absolute Gasteiger partial charge is 0.258 e. The van der Waals surface area contributed by atoms with E-state index >= 15 is 0 Å². The molecule has 0 spiro atoms. The van der Waals surface area contributed by atoms with Gasteiger partial charge in [0.05, 0.1) is 28.6 Å². The molecule has 4 N–H and O–H groups in total. The molecular formula is C15H21N5O. The molecule has 1 unspecified atom stereocenters. The van der Waals surface area contributed by atoms with E-state index in [9.17, 15) is 4.79 Å². The van der Waals surface area contributed by atoms with Crippen molar-refractivity contribution in [1.29, 1.82) is 0 Å². The quantitative estimate of drug-likeness (QED) is 0.743. The highest BCUT2D eigenvalue weighted by Crippen LogP contribution is 2.25. The minimum atomic E-state index is -0.159. The van der Waals surface area contributed by atoms with Crippen LogP contribution in [0.3, 0.4) is 0 Å². The lowest BCUT2D eigenvalue weighted by Gasteiger charge is -2.33. The molecule has 21 heavy (non-hydrogen) atoms. The van der Waals surface area contributed by atoms with Crippen molar-refractivity contribution in [1.82, 2.24) is 14.9 Å². The molecule has 6 heteroatoms. The molecule has 0 aliphatic carbocycles. The second-order valence-corrected chi connectivity index (χ2v) is 5.56. The summed E-state index contributed by atoms with van der Waals surface area (Å²) in [7, 11) is 0. The van der Waals surface area contributed by atoms with E-state index in [0.29, 0.717) is 22.6 Å². The number of aromatic nitrogens is 2. The van der Waals surface area contributed by atoms with Gasteiger partial charge in [-0.2, -0.15) is 0 Å². The Labute approximate surface area is 123 Å². The standard InChI is InChI=1S/C15H21N5O/c1-2-20-5-3-4-10(8-20)19-14-7-13-11(6-12(14)16)15(21)18-9-17-13/h6-7,9-10,19H,2-5,8,16H2,1H3,(H,17,18,21). The highest BCUT2D eigenvalue weighted by Gasteiger charge is 2.19. The lowest BCUT2D eigenvalue weighted by Crippen LogP contribution is -2.41. The second kappa shape index (κ2) is 5.73. The van der Waals surface area contributed by atoms with Crippen LogP contribution in [0.15, 0.2) is 23.3 Å². The normalized spacial score (nSPS) is 19.8. The highest BCUT2D eigenvalue weighted by atomic mass is 16.1. The monoisotopic (exact) mass is 287 g/mol. The molecule has 3 rings (SSSR count). The molecule has 6 nitrogen and oxygen atoms in total. The molecule has 2 aromatic rings. The molecule has 1 fully saturated rings. The zero-order valence-corrected chi connectivity index (χ0v) is 12.2. The van der Waals surface area contributed by atoms with Gasteiger partial charge in [0, 0.05) is 12.6 Å². The third kappa shape index (κ3) is 2.85. The van der Waals surface area contributed by atoms with Crippen LogP contribution in [0.4, 0.5) is 11.4 Å². The second-order valence-electron chi connectivity index (χ2n) is 5.56. The number of H-pyrrole nitrogens is 1. The van der Waals surface area contributed by atoms with Crippen LogP contribution in [0, 0.1) is 0 Å². The number of anilines is 2. The van der Waals surface area contributed by atoms with Gasteiger partial charge < -0.3 is 20.9 Å². The number of likely N-dealkylation sites (N-methyl/N-ethyl adjacent to an activating group) is 1. The van der Waals surface area contributed by atoms with Crippen molar-refractivity contribution in [3.8, 4) is 0 Å². The van der Waals surface area contributed by atoms with Crippen molar-refractivity contribution in [2.24, 2.45) is 0 Å². The Morgan fingerprint density at radius 3 is 3.19 bits per heavy atom. The molecule has 1 aliphatic rings. The first-order valence-electron chi connectivity index (χ1n) is 7.43. The van der Waals surface area contributed by atoms with Crippen LogP contribution in [0.5, 0.6) is 0 Å². The highest BCUT2D eigenvalue weighted by molar-refractivity contribution is 5.88. The molecule has 2 heterocycles. The van der Waals surface area contributed by atoms with E-state index in [-0.39, 0.29) is 5.56 Å². The number of nitrogens with zero attached hydrogens (tertiary/aromatic N) is 2. The van der Waals surface area contributed by atoms with Gasteiger partial charge in [0.15, 0.2) is 0 Å². The van der Waals surface area contributed by atoms with Gasteiger partial charge in [-0.05, 0) is 38.1 Å². The number of nitrogens with one attached hydrogen (secondary N) is 2. The number of benzene rings is 1. The summed E-state index contributed by atoms with van der Waals surface area (Å²) in [6.07, 6.45) is 3.75. The summed E-state index contributed by atoms with van der Waals surface area (Å²) in [5.74, 6) is 0. The molecule has 1 atom stereocenters. The number of piperidine rings is 1. The predicted molar refractivity (Wildman–Crippen MR) is 85.5 cm³/mol. The lowest BCUT2D eigenvalue weighted by atomic mass is 10.0. The first-order chi connectivity index (χ1) is 10.2. The van der Waals surface area contributed by atoms with Gasteiger partial charge in [-0.25, -0.2) is 4.98 Å². The lowest BCUT2D eigenvalue weighted by molar-refractivity contribution is 0.227. The van der Waals surface area contributed by atoms with Crippen LogP contribution in [-0.2, 0) is 0 Å². The fourth-order valence-corrected chi connectivity index (χ4v) is 2.94. The molecule has 0 saturated carbocycles. The van der Waals surface area contributed by atoms with Crippen LogP contribution >= 0.6 is 0 Å². The van der Waals surface area contributed by atoms with Gasteiger partial charge >= 0.3 is 0 Å². The molecule has 1 aromatic heterocycles. The number of nitrogen functional groups attached to an aromatic ring is 1. The fourth-order valence-electron chi connectivity index (χ4n) is 2.94. The molecule has 112 valence electrons. The maximum absolute atomic E-state index is 11.7. The van der Waals surface area contributed by atoms with E-state index in [4.69, 9.17) is 5.73 Å². The van der Waals surface area contributed by atoms with E-state index in [0.717, 1.165) is 25.2 Å². The molecule has 1 aromatic carbocycles. The summed E-state index contributed by atoms with van der Waals surface area (Å²) in [6, 6.07) is 3.95. The number of likely N-dealkylation sites (tertiary alicyclic amines) is 1. The van der Waals surface area contributed by atoms with Crippen LogP contribution in [0.25, 0.3) is 10.9 Å². The van der Waals surface area contributed by atoms with Crippen LogP contribution < -0.4 is 16.6 Å². The first kappa shape index (κ1) is 13.9. The van der Waals surface area contributed by atoms with Gasteiger partial charge in [0.25, 0.3) is 5.56 Å². The van der Waals surface area contributed by atoms with Gasteiger partial charge in [0.2, 0.25) is 0 Å². The summed E-state index contributed by atoms with van der Waals surface area (Å²) in [5, 5.41) is 4.03. The third-order valence-electron chi connectivity index (χ3n) is 4.12. The zero-order valence-electron chi connectivity index (χ0n) is 12.2. The Morgan fingerprint density at radius 2 is 2.38 bits per heavy atom. The van der Waals surface area contributed by atoms with Crippen LogP contribution in [-0.4, -0.2) is 40.5 Å². The summed E-state index contributed by atoms with van der Waals surface area (Å²) >= 11 is 0. The Hall–Kier alpha value is -2.08. The summed E-state index contributed by atoms with van der Waals surface area (Å²) in [4.78, 5) is 20.9. The summed E-state index contributed by atoms with van der Waals surface area (Å²) in [6.45, 7) is 5.45. The number of rotatable bonds is 3. The largest absolute Gasteiger partial charge is 0.397 e. The van der Waals surface area contributed by atoms with Gasteiger partial charge in [-0.1, -0.05) is 6.92 Å². The predicted octanol–water partition coefficient (Wildman–Crippen LogP) is 1.40. The summed E-state index contributed by atoms with van der Waals surface area (Å²) < 4.78 is 0. The van der Waals surface area contributed by atoms with E-state index in [2.05, 4.69) is 27.1 Å². The molecule has 0 radical (unpaired) electrons. The van der Waals surface area contributed by atoms with Crippen molar-refractivity contribution in [3.63, 3.8) is 0 Å². The maximum atomic E-state index is 11.7. The first-order valence-corrected chi connectivity index (χ1v) is 7.43. The number of fused-ring (bicyclic) bond motifs is 1. The van der Waals surface area contributed by atoms with Crippen molar-refractivity contribution < 1.29 is 0 Å². The average Bonchev–Trinajstić information content (AvgIpc) is 2.49. The minimum Gasteiger partial charge on any atom is -0.397 e. The number of hydrogen-bond donors (Lipinski definition) is 3. The number of nitrogens with two attached hydrogens (primary N) is 1. The van der Waals surface area contributed by atoms with Crippen molar-refractivity contribution >= 4 is 22.3 Å². The van der Waals surface area contributed by atoms with E-state index in [1.54, 1.807) is 6.07 Å². The molecule has 1 saturated heterocycles. The number of hydrogen-bond acceptors (Lipinski definition) is 5. The van der Waals surface area contributed by atoms with Crippen LogP contribution in [0.1, 0.15) is 19.8 Å². The SMILES string of the molecule is CCN1CCCC(Nc2cc3nc[nH]c(=O)c3cc2N)C1. The van der Waals surface area contributed by atoms with Crippen molar-refractivity contribution in [3.05, 3.63) is 28.8 Å². The van der Waals surface area contributed by atoms with E-state index in [1.807, 2.05) is 6.07 Å². The van der Waals surface area contributed by atoms with Crippen molar-refractivity contribution in [2.45, 2.75) is 25.8 Å². The summed E-state index contributed by atoms with van der Waals surface area (Å²) in [5.41, 5.74) is 8.05. The van der Waals surface area contributed by atoms with Gasteiger partial charge in [-0.3, -0.25) is 4.79 Å². The topological polar surface area (TPSA) is 87.0 Å². The van der Waals surface area contributed by atoms with Crippen LogP contribution in [0.2, 0.25) is 0 Å². The average molecular weight is 287 g/mol. The zero-order chi connectivity index (χ0) is 14.8. The van der Waals surface area contributed by atoms with Gasteiger partial charge in [-0.15, -0.1) is 0 Å². The van der Waals surface area contributed by atoms with E-state index in [1.165, 1.54) is 19.3 Å². The molecule has 1 aliphatic heterocycles. The van der Waals surface area contributed by atoms with E-state index < -0.39 is 0 Å². The fraction of sp³-hybridized carbons (Fsp3) is 0.467. The Morgan fingerprint density at radius 1 is 1.52 bits per heavy atom. The number of aromatic amines is 1. The molecule has 0 amide bonds. The van der Waals surface area contributed by atoms with Crippen molar-refractivity contribution in [2.75, 3.05) is 30.7 Å². The molecular weight excluding hydrogens is 266 g/mol. The van der Waals surface area contributed by atoms with Gasteiger partial charge in [0.1, 0.15) is 0 Å².